The largest absolute Gasteiger partial charge is 0.497 e. The zero-order valence-corrected chi connectivity index (χ0v) is 16.1. The zero-order valence-electron chi connectivity index (χ0n) is 14.5. The van der Waals surface area contributed by atoms with Crippen molar-refractivity contribution in [2.24, 2.45) is 0 Å². The first-order chi connectivity index (χ1) is 12.6. The van der Waals surface area contributed by atoms with Crippen molar-refractivity contribution in [1.29, 1.82) is 0 Å². The number of methoxy groups -OCH3 is 3. The molecular formula is C18H17ClN2O4S. The van der Waals surface area contributed by atoms with Gasteiger partial charge in [-0.2, -0.15) is 0 Å². The summed E-state index contributed by atoms with van der Waals surface area (Å²) in [6, 6.07) is 10.9. The Morgan fingerprint density at radius 2 is 1.69 bits per heavy atom. The fourth-order valence-electron chi connectivity index (χ4n) is 2.32. The SMILES string of the molecule is COc1cc(OC)cc(-c2nnc(SCc3cc(Cl)ccc3OC)o2)c1. The van der Waals surface area contributed by atoms with Crippen molar-refractivity contribution >= 4 is 23.4 Å². The second-order valence-electron chi connectivity index (χ2n) is 5.22. The van der Waals surface area contributed by atoms with Crippen LogP contribution in [0.15, 0.2) is 46.0 Å². The molecular weight excluding hydrogens is 376 g/mol. The summed E-state index contributed by atoms with van der Waals surface area (Å²) in [7, 11) is 4.80. The number of aromatic nitrogens is 2. The topological polar surface area (TPSA) is 66.6 Å². The van der Waals surface area contributed by atoms with E-state index in [-0.39, 0.29) is 0 Å². The number of nitrogens with zero attached hydrogens (tertiary/aromatic N) is 2. The Hall–Kier alpha value is -2.38. The van der Waals surface area contributed by atoms with Crippen LogP contribution in [0.1, 0.15) is 5.56 Å². The highest BCUT2D eigenvalue weighted by Gasteiger charge is 2.13. The normalized spacial score (nSPS) is 10.6. The lowest BCUT2D eigenvalue weighted by Crippen LogP contribution is -1.90. The quantitative estimate of drug-likeness (QED) is 0.539. The van der Waals surface area contributed by atoms with Crippen LogP contribution in [0, 0.1) is 0 Å². The fourth-order valence-corrected chi connectivity index (χ4v) is 3.25. The molecule has 1 heterocycles. The first-order valence-corrected chi connectivity index (χ1v) is 9.01. The molecule has 8 heteroatoms. The second kappa shape index (κ2) is 8.33. The van der Waals surface area contributed by atoms with Crippen LogP contribution in [0.4, 0.5) is 0 Å². The molecule has 0 saturated carbocycles. The Bertz CT molecular complexity index is 878. The van der Waals surface area contributed by atoms with Gasteiger partial charge in [-0.1, -0.05) is 23.4 Å². The minimum Gasteiger partial charge on any atom is -0.497 e. The van der Waals surface area contributed by atoms with Crippen molar-refractivity contribution in [3.8, 4) is 28.7 Å². The van der Waals surface area contributed by atoms with Gasteiger partial charge in [-0.15, -0.1) is 10.2 Å². The standard InChI is InChI=1S/C18H17ClN2O4S/c1-22-14-7-11(8-15(9-14)23-2)17-20-21-18(25-17)26-10-12-6-13(19)4-5-16(12)24-3/h4-9H,10H2,1-3H3. The smallest absolute Gasteiger partial charge is 0.277 e. The van der Waals surface area contributed by atoms with Crippen LogP contribution in [0.5, 0.6) is 17.2 Å². The summed E-state index contributed by atoms with van der Waals surface area (Å²) in [5.74, 6) is 3.04. The van der Waals surface area contributed by atoms with Crippen LogP contribution in [-0.4, -0.2) is 31.5 Å². The first-order valence-electron chi connectivity index (χ1n) is 7.65. The molecule has 0 aliphatic carbocycles. The summed E-state index contributed by atoms with van der Waals surface area (Å²) >= 11 is 7.46. The maximum atomic E-state index is 6.06. The van der Waals surface area contributed by atoms with Crippen LogP contribution >= 0.6 is 23.4 Å². The van der Waals surface area contributed by atoms with Crippen LogP contribution in [0.25, 0.3) is 11.5 Å². The summed E-state index contributed by atoms with van der Waals surface area (Å²) in [5, 5.41) is 9.29. The van der Waals surface area contributed by atoms with E-state index in [4.69, 9.17) is 30.2 Å². The molecule has 0 bridgehead atoms. The minimum absolute atomic E-state index is 0.391. The minimum atomic E-state index is 0.391. The molecule has 0 radical (unpaired) electrons. The third-order valence-electron chi connectivity index (χ3n) is 3.60. The lowest BCUT2D eigenvalue weighted by atomic mass is 10.2. The lowest BCUT2D eigenvalue weighted by molar-refractivity contribution is 0.394. The van der Waals surface area contributed by atoms with Gasteiger partial charge in [-0.25, -0.2) is 0 Å². The van der Waals surface area contributed by atoms with Crippen LogP contribution in [-0.2, 0) is 5.75 Å². The summed E-state index contributed by atoms with van der Waals surface area (Å²) in [4.78, 5) is 0. The number of hydrogen-bond donors (Lipinski definition) is 0. The highest BCUT2D eigenvalue weighted by atomic mass is 35.5. The number of thioether (sulfide) groups is 1. The van der Waals surface area contributed by atoms with E-state index >= 15 is 0 Å². The number of rotatable bonds is 7. The zero-order chi connectivity index (χ0) is 18.5. The monoisotopic (exact) mass is 392 g/mol. The van der Waals surface area contributed by atoms with E-state index in [1.807, 2.05) is 24.3 Å². The molecule has 6 nitrogen and oxygen atoms in total. The third kappa shape index (κ3) is 4.23. The summed E-state index contributed by atoms with van der Waals surface area (Å²) in [6.45, 7) is 0. The molecule has 0 N–H and O–H groups in total. The van der Waals surface area contributed by atoms with Crippen molar-refractivity contribution in [1.82, 2.24) is 10.2 Å². The van der Waals surface area contributed by atoms with Crippen LogP contribution < -0.4 is 14.2 Å². The second-order valence-corrected chi connectivity index (χ2v) is 6.58. The summed E-state index contributed by atoms with van der Waals surface area (Å²) in [5.41, 5.74) is 1.67. The Labute approximate surface area is 160 Å². The van der Waals surface area contributed by atoms with Crippen LogP contribution in [0.2, 0.25) is 5.02 Å². The average molecular weight is 393 g/mol. The van der Waals surface area contributed by atoms with Gasteiger partial charge in [0.1, 0.15) is 17.2 Å². The van der Waals surface area contributed by atoms with Gasteiger partial charge in [0.05, 0.1) is 21.3 Å². The number of ether oxygens (including phenoxy) is 3. The Morgan fingerprint density at radius 3 is 2.35 bits per heavy atom. The van der Waals surface area contributed by atoms with E-state index < -0.39 is 0 Å². The maximum Gasteiger partial charge on any atom is 0.277 e. The molecule has 136 valence electrons. The lowest BCUT2D eigenvalue weighted by Gasteiger charge is -2.07. The van der Waals surface area contributed by atoms with E-state index in [0.29, 0.717) is 33.4 Å². The molecule has 0 aliphatic rings. The summed E-state index contributed by atoms with van der Waals surface area (Å²) in [6.07, 6.45) is 0. The van der Waals surface area contributed by atoms with Crippen molar-refractivity contribution < 1.29 is 18.6 Å². The highest BCUT2D eigenvalue weighted by molar-refractivity contribution is 7.98. The van der Waals surface area contributed by atoms with Gasteiger partial charge in [-0.05, 0) is 30.3 Å². The Kier molecular flexibility index (Phi) is 5.90. The maximum absolute atomic E-state index is 6.06. The van der Waals surface area contributed by atoms with Gasteiger partial charge in [-0.3, -0.25) is 0 Å². The molecule has 3 aromatic rings. The molecule has 0 spiro atoms. The number of benzene rings is 2. The summed E-state index contributed by atoms with van der Waals surface area (Å²) < 4.78 is 21.6. The van der Waals surface area contributed by atoms with Gasteiger partial charge < -0.3 is 18.6 Å². The van der Waals surface area contributed by atoms with Crippen molar-refractivity contribution in [3.05, 3.63) is 47.0 Å². The predicted octanol–water partition coefficient (Wildman–Crippen LogP) is 4.71. The highest BCUT2D eigenvalue weighted by Crippen LogP contribution is 2.33. The van der Waals surface area contributed by atoms with Crippen LogP contribution in [0.3, 0.4) is 0 Å². The molecule has 2 aromatic carbocycles. The van der Waals surface area contributed by atoms with E-state index in [1.54, 1.807) is 33.5 Å². The molecule has 3 rings (SSSR count). The van der Waals surface area contributed by atoms with Gasteiger partial charge in [0.25, 0.3) is 5.22 Å². The van der Waals surface area contributed by atoms with Gasteiger partial charge in [0.15, 0.2) is 0 Å². The average Bonchev–Trinajstić information content (AvgIpc) is 3.15. The van der Waals surface area contributed by atoms with Gasteiger partial charge >= 0.3 is 0 Å². The fraction of sp³-hybridized carbons (Fsp3) is 0.222. The van der Waals surface area contributed by atoms with Crippen molar-refractivity contribution in [3.63, 3.8) is 0 Å². The van der Waals surface area contributed by atoms with Crippen molar-refractivity contribution in [2.75, 3.05) is 21.3 Å². The molecule has 1 aromatic heterocycles. The predicted molar refractivity (Wildman–Crippen MR) is 100 cm³/mol. The van der Waals surface area contributed by atoms with E-state index in [1.165, 1.54) is 11.8 Å². The molecule has 26 heavy (non-hydrogen) atoms. The molecule has 0 unspecified atom stereocenters. The van der Waals surface area contributed by atoms with Gasteiger partial charge in [0, 0.05) is 28.0 Å². The molecule has 0 fully saturated rings. The Morgan fingerprint density at radius 1 is 0.962 bits per heavy atom. The first kappa shape index (κ1) is 18.4. The van der Waals surface area contributed by atoms with E-state index in [0.717, 1.165) is 16.9 Å². The van der Waals surface area contributed by atoms with Gasteiger partial charge in [0.2, 0.25) is 5.89 Å². The molecule has 0 aliphatic heterocycles. The van der Waals surface area contributed by atoms with E-state index in [2.05, 4.69) is 10.2 Å². The molecule has 0 amide bonds. The molecule has 0 saturated heterocycles. The van der Waals surface area contributed by atoms with Crippen molar-refractivity contribution in [2.45, 2.75) is 11.0 Å². The van der Waals surface area contributed by atoms with E-state index in [9.17, 15) is 0 Å². The molecule has 0 atom stereocenters. The number of hydrogen-bond acceptors (Lipinski definition) is 7. The third-order valence-corrected chi connectivity index (χ3v) is 4.70. The Balaban J connectivity index is 1.78. The number of halogens is 1.